The molecule has 0 radical (unpaired) electrons. The summed E-state index contributed by atoms with van der Waals surface area (Å²) in [5.74, 6) is 0.0910. The topological polar surface area (TPSA) is 47.3 Å². The molecule has 4 nitrogen and oxygen atoms in total. The van der Waals surface area contributed by atoms with Crippen LogP contribution in [0, 0.1) is 17.1 Å². The molecule has 136 valence electrons. The van der Waals surface area contributed by atoms with E-state index in [1.165, 1.54) is 23.9 Å². The first-order valence-electron chi connectivity index (χ1n) is 8.40. The van der Waals surface area contributed by atoms with E-state index in [0.717, 1.165) is 20.8 Å². The number of amides is 1. The Bertz CT molecular complexity index is 953. The smallest absolute Gasteiger partial charge is 0.229 e. The van der Waals surface area contributed by atoms with Crippen LogP contribution in [-0.4, -0.2) is 23.4 Å². The Morgan fingerprint density at radius 3 is 2.52 bits per heavy atom. The Hall–Kier alpha value is -2.30. The minimum absolute atomic E-state index is 0.00349. The minimum atomic E-state index is -0.290. The lowest BCUT2D eigenvalue weighted by Gasteiger charge is -2.42. The summed E-state index contributed by atoms with van der Waals surface area (Å²) in [5.41, 5.74) is 2.46. The number of carbonyl (C=O) groups is 1. The molecule has 0 unspecified atom stereocenters. The van der Waals surface area contributed by atoms with E-state index in [-0.39, 0.29) is 24.1 Å². The van der Waals surface area contributed by atoms with Crippen LogP contribution in [0.4, 0.5) is 10.1 Å². The maximum Gasteiger partial charge on any atom is 0.229 e. The van der Waals surface area contributed by atoms with Gasteiger partial charge in [-0.2, -0.15) is 5.26 Å². The van der Waals surface area contributed by atoms with Crippen LogP contribution in [0.3, 0.4) is 0 Å². The Morgan fingerprint density at radius 1 is 1.15 bits per heavy atom. The van der Waals surface area contributed by atoms with Gasteiger partial charge in [-0.05, 0) is 42.0 Å². The second kappa shape index (κ2) is 7.37. The van der Waals surface area contributed by atoms with Crippen LogP contribution in [-0.2, 0) is 4.79 Å². The number of halogens is 2. The van der Waals surface area contributed by atoms with Crippen molar-refractivity contribution in [2.45, 2.75) is 12.3 Å². The summed E-state index contributed by atoms with van der Waals surface area (Å²) >= 11 is 4.89. The van der Waals surface area contributed by atoms with Crippen LogP contribution < -0.4 is 4.90 Å². The van der Waals surface area contributed by atoms with Gasteiger partial charge in [-0.15, -0.1) is 0 Å². The third-order valence-electron chi connectivity index (χ3n) is 4.76. The van der Waals surface area contributed by atoms with Crippen molar-refractivity contribution in [3.8, 4) is 6.07 Å². The molecule has 1 amide bonds. The number of anilines is 1. The highest BCUT2D eigenvalue weighted by molar-refractivity contribution is 9.10. The van der Waals surface area contributed by atoms with Crippen LogP contribution in [0.5, 0.6) is 0 Å². The molecule has 2 aliphatic rings. The first-order valence-corrected chi connectivity index (χ1v) is 10.2. The molecule has 2 aliphatic heterocycles. The maximum absolute atomic E-state index is 13.2. The van der Waals surface area contributed by atoms with Gasteiger partial charge in [-0.3, -0.25) is 9.69 Å². The number of nitriles is 1. The van der Waals surface area contributed by atoms with Crippen molar-refractivity contribution < 1.29 is 9.18 Å². The lowest BCUT2D eigenvalue weighted by atomic mass is 9.86. The molecule has 0 N–H and O–H groups in total. The fourth-order valence-corrected chi connectivity index (χ4v) is 4.79. The molecule has 2 heterocycles. The fraction of sp³-hybridized carbons (Fsp3) is 0.200. The molecule has 1 atom stereocenters. The van der Waals surface area contributed by atoms with Crippen LogP contribution in [0.25, 0.3) is 0 Å². The van der Waals surface area contributed by atoms with Crippen molar-refractivity contribution >= 4 is 39.3 Å². The first kappa shape index (κ1) is 18.1. The van der Waals surface area contributed by atoms with Gasteiger partial charge in [0.25, 0.3) is 0 Å². The zero-order valence-corrected chi connectivity index (χ0v) is 16.6. The van der Waals surface area contributed by atoms with E-state index in [2.05, 4.69) is 22.0 Å². The highest BCUT2D eigenvalue weighted by Gasteiger charge is 2.38. The third kappa shape index (κ3) is 3.47. The van der Waals surface area contributed by atoms with Crippen molar-refractivity contribution in [2.24, 2.45) is 0 Å². The van der Waals surface area contributed by atoms with E-state index < -0.39 is 0 Å². The van der Waals surface area contributed by atoms with Crippen LogP contribution in [0.15, 0.2) is 63.6 Å². The van der Waals surface area contributed by atoms with Crippen molar-refractivity contribution in [1.82, 2.24) is 4.90 Å². The predicted octanol–water partition coefficient (Wildman–Crippen LogP) is 4.81. The number of rotatable bonds is 2. The molecule has 7 heteroatoms. The number of hydrogen-bond acceptors (Lipinski definition) is 4. The van der Waals surface area contributed by atoms with E-state index in [9.17, 15) is 14.4 Å². The summed E-state index contributed by atoms with van der Waals surface area (Å²) < 4.78 is 14.1. The van der Waals surface area contributed by atoms with Crippen LogP contribution >= 0.6 is 27.7 Å². The van der Waals surface area contributed by atoms with Gasteiger partial charge < -0.3 is 4.90 Å². The molecule has 0 aliphatic carbocycles. The molecule has 2 aromatic rings. The normalized spacial score (nSPS) is 19.7. The zero-order valence-electron chi connectivity index (χ0n) is 14.2. The van der Waals surface area contributed by atoms with Gasteiger partial charge in [0.1, 0.15) is 5.82 Å². The lowest BCUT2D eigenvalue weighted by molar-refractivity contribution is -0.129. The van der Waals surface area contributed by atoms with Crippen LogP contribution in [0.2, 0.25) is 0 Å². The van der Waals surface area contributed by atoms with Gasteiger partial charge in [-0.25, -0.2) is 4.39 Å². The molecule has 2 aromatic carbocycles. The van der Waals surface area contributed by atoms with Gasteiger partial charge in [0.15, 0.2) is 0 Å². The predicted molar refractivity (Wildman–Crippen MR) is 107 cm³/mol. The number of thioether (sulfide) groups is 1. The molecule has 1 saturated heterocycles. The van der Waals surface area contributed by atoms with Crippen molar-refractivity contribution in [1.29, 1.82) is 5.26 Å². The Kier molecular flexibility index (Phi) is 4.94. The highest BCUT2D eigenvalue weighted by atomic mass is 79.9. The van der Waals surface area contributed by atoms with Crippen molar-refractivity contribution in [3.05, 3.63) is 75.0 Å². The van der Waals surface area contributed by atoms with Crippen molar-refractivity contribution in [3.63, 3.8) is 0 Å². The molecule has 27 heavy (non-hydrogen) atoms. The Morgan fingerprint density at radius 2 is 1.85 bits per heavy atom. The number of hydrogen-bond donors (Lipinski definition) is 0. The van der Waals surface area contributed by atoms with E-state index in [0.29, 0.717) is 18.1 Å². The van der Waals surface area contributed by atoms with E-state index in [1.54, 1.807) is 17.0 Å². The second-order valence-electron chi connectivity index (χ2n) is 6.39. The van der Waals surface area contributed by atoms with E-state index in [1.807, 2.05) is 29.2 Å². The second-order valence-corrected chi connectivity index (χ2v) is 8.24. The van der Waals surface area contributed by atoms with E-state index in [4.69, 9.17) is 0 Å². The lowest BCUT2D eigenvalue weighted by Crippen LogP contribution is -2.47. The number of fused-ring (bicyclic) bond motifs is 1. The summed E-state index contributed by atoms with van der Waals surface area (Å²) in [6, 6.07) is 16.3. The molecule has 0 spiro atoms. The Labute approximate surface area is 169 Å². The standard InChI is InChI=1S/C20H15BrFN3OS/c21-14-3-1-13(2-4-14)17-9-19(26)25-11-24(12-27-20(25)18(17)10-23)16-7-5-15(22)6-8-16/h1-8,17H,9,11-12H2/t17-/m0/s1. The summed E-state index contributed by atoms with van der Waals surface area (Å²) in [7, 11) is 0. The minimum Gasteiger partial charge on any atom is -0.344 e. The maximum atomic E-state index is 13.2. The van der Waals surface area contributed by atoms with Gasteiger partial charge in [0.05, 0.1) is 29.2 Å². The third-order valence-corrected chi connectivity index (χ3v) is 6.44. The largest absolute Gasteiger partial charge is 0.344 e. The Balaban J connectivity index is 1.65. The molecule has 0 saturated carbocycles. The summed E-state index contributed by atoms with van der Waals surface area (Å²) in [4.78, 5) is 16.5. The molecule has 0 aromatic heterocycles. The fourth-order valence-electron chi connectivity index (χ4n) is 3.36. The molecule has 0 bridgehead atoms. The average Bonchev–Trinajstić information content (AvgIpc) is 2.69. The summed E-state index contributed by atoms with van der Waals surface area (Å²) in [5, 5.41) is 10.5. The van der Waals surface area contributed by atoms with Gasteiger partial charge in [0, 0.05) is 22.5 Å². The average molecular weight is 444 g/mol. The van der Waals surface area contributed by atoms with Crippen molar-refractivity contribution in [2.75, 3.05) is 17.4 Å². The van der Waals surface area contributed by atoms with Gasteiger partial charge in [0.2, 0.25) is 5.91 Å². The number of benzene rings is 2. The molecular formula is C20H15BrFN3OS. The summed E-state index contributed by atoms with van der Waals surface area (Å²) in [6.07, 6.45) is 0.270. The quantitative estimate of drug-likeness (QED) is 0.667. The SMILES string of the molecule is N#CC1=C2SCN(c3ccc(F)cc3)CN2C(=O)C[C@H]1c1ccc(Br)cc1. The molecule has 1 fully saturated rings. The molecular weight excluding hydrogens is 429 g/mol. The highest BCUT2D eigenvalue weighted by Crippen LogP contribution is 2.43. The number of carbonyl (C=O) groups excluding carboxylic acids is 1. The first-order chi connectivity index (χ1) is 13.1. The molecule has 4 rings (SSSR count). The van der Waals surface area contributed by atoms with Gasteiger partial charge >= 0.3 is 0 Å². The number of allylic oxidation sites excluding steroid dienone is 1. The zero-order chi connectivity index (χ0) is 19.0. The summed E-state index contributed by atoms with van der Waals surface area (Å²) in [6.45, 7) is 0.366. The number of nitrogens with zero attached hydrogens (tertiary/aromatic N) is 3. The van der Waals surface area contributed by atoms with E-state index >= 15 is 0 Å². The monoisotopic (exact) mass is 443 g/mol. The van der Waals surface area contributed by atoms with Gasteiger partial charge in [-0.1, -0.05) is 39.8 Å². The van der Waals surface area contributed by atoms with Crippen LogP contribution in [0.1, 0.15) is 17.9 Å².